The van der Waals surface area contributed by atoms with Gasteiger partial charge in [-0.2, -0.15) is 4.98 Å². The molecule has 9 heteroatoms. The van der Waals surface area contributed by atoms with Crippen molar-refractivity contribution in [3.05, 3.63) is 60.5 Å². The average Bonchev–Trinajstić information content (AvgIpc) is 3.52. The molecule has 2 aliphatic rings. The van der Waals surface area contributed by atoms with Crippen LogP contribution in [0.4, 0.5) is 16.2 Å². The van der Waals surface area contributed by atoms with Crippen molar-refractivity contribution in [3.8, 4) is 11.4 Å². The van der Waals surface area contributed by atoms with Gasteiger partial charge in [0.1, 0.15) is 0 Å². The van der Waals surface area contributed by atoms with Gasteiger partial charge in [0.2, 0.25) is 17.6 Å². The Labute approximate surface area is 198 Å². The average molecular weight is 461 g/mol. The highest BCUT2D eigenvalue weighted by Gasteiger charge is 2.35. The van der Waals surface area contributed by atoms with Gasteiger partial charge in [-0.1, -0.05) is 23.4 Å². The molecule has 2 aromatic carbocycles. The Balaban J connectivity index is 1.21. The molecule has 2 saturated heterocycles. The molecule has 3 heterocycles. The van der Waals surface area contributed by atoms with Gasteiger partial charge in [-0.3, -0.25) is 4.79 Å². The minimum absolute atomic E-state index is 0.00117. The third-order valence-corrected chi connectivity index (χ3v) is 6.37. The quantitative estimate of drug-likeness (QED) is 0.629. The molecule has 34 heavy (non-hydrogen) atoms. The zero-order valence-corrected chi connectivity index (χ0v) is 19.2. The Morgan fingerprint density at radius 1 is 1.03 bits per heavy atom. The molecule has 0 aliphatic carbocycles. The molecule has 1 aromatic heterocycles. The van der Waals surface area contributed by atoms with Crippen LogP contribution in [0.2, 0.25) is 0 Å². The summed E-state index contributed by atoms with van der Waals surface area (Å²) in [6, 6.07) is 17.7. The van der Waals surface area contributed by atoms with Crippen LogP contribution in [-0.2, 0) is 4.79 Å². The highest BCUT2D eigenvalue weighted by molar-refractivity contribution is 5.96. The van der Waals surface area contributed by atoms with E-state index in [1.807, 2.05) is 66.4 Å². The molecular formula is C25H28N6O3. The topological polar surface area (TPSA) is 94.8 Å². The second kappa shape index (κ2) is 9.54. The monoisotopic (exact) mass is 460 g/mol. The van der Waals surface area contributed by atoms with Gasteiger partial charge in [-0.05, 0) is 43.3 Å². The minimum atomic E-state index is -0.116. The van der Waals surface area contributed by atoms with Gasteiger partial charge in [0, 0.05) is 62.6 Å². The third-order valence-electron chi connectivity index (χ3n) is 6.37. The highest BCUT2D eigenvalue weighted by atomic mass is 16.5. The minimum Gasteiger partial charge on any atom is -0.368 e. The fourth-order valence-electron chi connectivity index (χ4n) is 4.50. The van der Waals surface area contributed by atoms with Crippen LogP contribution in [0.25, 0.3) is 11.4 Å². The Morgan fingerprint density at radius 3 is 2.47 bits per heavy atom. The van der Waals surface area contributed by atoms with E-state index in [1.165, 1.54) is 0 Å². The number of hydrogen-bond acceptors (Lipinski definition) is 6. The summed E-state index contributed by atoms with van der Waals surface area (Å²) >= 11 is 0. The Hall–Kier alpha value is -3.88. The van der Waals surface area contributed by atoms with Crippen LogP contribution in [0.5, 0.6) is 0 Å². The van der Waals surface area contributed by atoms with Crippen molar-refractivity contribution in [2.75, 3.05) is 49.1 Å². The second-order valence-corrected chi connectivity index (χ2v) is 8.55. The second-order valence-electron chi connectivity index (χ2n) is 8.55. The maximum absolute atomic E-state index is 12.5. The van der Waals surface area contributed by atoms with E-state index in [9.17, 15) is 9.59 Å². The molecule has 0 saturated carbocycles. The molecule has 0 spiro atoms. The maximum Gasteiger partial charge on any atom is 0.317 e. The lowest BCUT2D eigenvalue weighted by Gasteiger charge is -2.36. The number of benzene rings is 2. The van der Waals surface area contributed by atoms with Crippen LogP contribution < -0.4 is 15.1 Å². The summed E-state index contributed by atoms with van der Waals surface area (Å²) in [5.41, 5.74) is 2.85. The molecule has 3 aromatic rings. The SMILES string of the molecule is CCNC(=O)N1CCN(c2ccc(-c3noc(C4CC(=O)N(c5ccccc5)C4)n3)cc2)CC1. The summed E-state index contributed by atoms with van der Waals surface area (Å²) in [5.74, 6) is 0.961. The van der Waals surface area contributed by atoms with Gasteiger partial charge in [0.15, 0.2) is 0 Å². The Bertz CT molecular complexity index is 1140. The van der Waals surface area contributed by atoms with E-state index in [-0.39, 0.29) is 17.9 Å². The third kappa shape index (κ3) is 4.46. The van der Waals surface area contributed by atoms with Gasteiger partial charge in [-0.25, -0.2) is 4.79 Å². The first kappa shape index (κ1) is 21.9. The number of rotatable bonds is 5. The Kier molecular flexibility index (Phi) is 6.16. The summed E-state index contributed by atoms with van der Waals surface area (Å²) < 4.78 is 5.54. The van der Waals surface area contributed by atoms with E-state index < -0.39 is 0 Å². The van der Waals surface area contributed by atoms with E-state index in [0.29, 0.717) is 44.3 Å². The first-order valence-corrected chi connectivity index (χ1v) is 11.7. The van der Waals surface area contributed by atoms with E-state index in [4.69, 9.17) is 4.52 Å². The molecule has 1 atom stereocenters. The zero-order valence-electron chi connectivity index (χ0n) is 19.2. The number of anilines is 2. The summed E-state index contributed by atoms with van der Waals surface area (Å²) in [7, 11) is 0. The van der Waals surface area contributed by atoms with Crippen molar-refractivity contribution in [3.63, 3.8) is 0 Å². The number of urea groups is 1. The maximum atomic E-state index is 12.5. The molecule has 2 aliphatic heterocycles. The number of amides is 3. The standard InChI is InChI=1S/C25H28N6O3/c1-2-26-25(33)30-14-12-29(13-15-30)20-10-8-18(9-11-20)23-27-24(34-28-23)19-16-22(32)31(17-19)21-6-4-3-5-7-21/h3-11,19H,2,12-17H2,1H3,(H,26,33). The van der Waals surface area contributed by atoms with Crippen LogP contribution in [0.3, 0.4) is 0 Å². The van der Waals surface area contributed by atoms with E-state index in [1.54, 1.807) is 4.90 Å². The summed E-state index contributed by atoms with van der Waals surface area (Å²) in [6.45, 7) is 6.07. The van der Waals surface area contributed by atoms with Crippen molar-refractivity contribution >= 4 is 23.3 Å². The molecule has 1 N–H and O–H groups in total. The number of nitrogens with one attached hydrogen (secondary N) is 1. The predicted molar refractivity (Wildman–Crippen MR) is 129 cm³/mol. The molecule has 5 rings (SSSR count). The first-order valence-electron chi connectivity index (χ1n) is 11.7. The number of carbonyl (C=O) groups excluding carboxylic acids is 2. The summed E-state index contributed by atoms with van der Waals surface area (Å²) in [5, 5.41) is 7.02. The zero-order chi connectivity index (χ0) is 23.5. The molecule has 9 nitrogen and oxygen atoms in total. The molecule has 176 valence electrons. The van der Waals surface area contributed by atoms with Crippen LogP contribution >= 0.6 is 0 Å². The number of hydrogen-bond donors (Lipinski definition) is 1. The molecule has 0 bridgehead atoms. The number of carbonyl (C=O) groups is 2. The summed E-state index contributed by atoms with van der Waals surface area (Å²) in [4.78, 5) is 35.0. The van der Waals surface area contributed by atoms with Crippen LogP contribution in [0.15, 0.2) is 59.1 Å². The van der Waals surface area contributed by atoms with Gasteiger partial charge < -0.3 is 24.5 Å². The van der Waals surface area contributed by atoms with E-state index in [0.717, 1.165) is 30.0 Å². The smallest absolute Gasteiger partial charge is 0.317 e. The van der Waals surface area contributed by atoms with Crippen molar-refractivity contribution in [1.29, 1.82) is 0 Å². The molecular weight excluding hydrogens is 432 g/mol. The number of piperazine rings is 1. The molecule has 1 unspecified atom stereocenters. The first-order chi connectivity index (χ1) is 16.6. The van der Waals surface area contributed by atoms with Gasteiger partial charge in [-0.15, -0.1) is 0 Å². The fraction of sp³-hybridized carbons (Fsp3) is 0.360. The lowest BCUT2D eigenvalue weighted by atomic mass is 10.1. The van der Waals surface area contributed by atoms with Gasteiger partial charge in [0.25, 0.3) is 0 Å². The fourth-order valence-corrected chi connectivity index (χ4v) is 4.50. The van der Waals surface area contributed by atoms with Gasteiger partial charge >= 0.3 is 6.03 Å². The lowest BCUT2D eigenvalue weighted by Crippen LogP contribution is -2.51. The molecule has 3 amide bonds. The van der Waals surface area contributed by atoms with Crippen LogP contribution in [0.1, 0.15) is 25.2 Å². The largest absolute Gasteiger partial charge is 0.368 e. The lowest BCUT2D eigenvalue weighted by molar-refractivity contribution is -0.117. The molecule has 0 radical (unpaired) electrons. The highest BCUT2D eigenvalue weighted by Crippen LogP contribution is 2.32. The van der Waals surface area contributed by atoms with Crippen molar-refractivity contribution in [2.45, 2.75) is 19.3 Å². The molecule has 2 fully saturated rings. The van der Waals surface area contributed by atoms with E-state index in [2.05, 4.69) is 20.4 Å². The summed E-state index contributed by atoms with van der Waals surface area (Å²) in [6.07, 6.45) is 0.359. The van der Waals surface area contributed by atoms with Gasteiger partial charge in [0.05, 0.1) is 5.92 Å². The number of nitrogens with zero attached hydrogens (tertiary/aromatic N) is 5. The number of aromatic nitrogens is 2. The van der Waals surface area contributed by atoms with Crippen molar-refractivity contribution < 1.29 is 14.1 Å². The predicted octanol–water partition coefficient (Wildman–Crippen LogP) is 3.11. The normalized spacial score (nSPS) is 18.4. The van der Waals surface area contributed by atoms with Crippen molar-refractivity contribution in [1.82, 2.24) is 20.4 Å². The van der Waals surface area contributed by atoms with Crippen LogP contribution in [0, 0.1) is 0 Å². The van der Waals surface area contributed by atoms with Crippen molar-refractivity contribution in [2.24, 2.45) is 0 Å². The van der Waals surface area contributed by atoms with E-state index >= 15 is 0 Å². The number of para-hydroxylation sites is 1. The van der Waals surface area contributed by atoms with Crippen LogP contribution in [-0.4, -0.2) is 66.2 Å². The Morgan fingerprint density at radius 2 is 1.76 bits per heavy atom.